The molecule has 0 radical (unpaired) electrons. The monoisotopic (exact) mass is 313 g/mol. The Morgan fingerprint density at radius 1 is 0.818 bits per heavy atom. The van der Waals surface area contributed by atoms with E-state index in [-0.39, 0.29) is 0 Å². The van der Waals surface area contributed by atoms with Crippen LogP contribution in [0.1, 0.15) is 97.8 Å². The quantitative estimate of drug-likeness (QED) is 0.379. The van der Waals surface area contributed by atoms with Gasteiger partial charge in [-0.1, -0.05) is 65.2 Å². The second-order valence-corrected chi connectivity index (χ2v) is 6.28. The molecule has 0 aromatic heterocycles. The Morgan fingerprint density at radius 2 is 1.27 bits per heavy atom. The lowest BCUT2D eigenvalue weighted by atomic mass is 9.89. The van der Waals surface area contributed by atoms with E-state index in [1.54, 1.807) is 0 Å². The van der Waals surface area contributed by atoms with E-state index >= 15 is 0 Å². The summed E-state index contributed by atoms with van der Waals surface area (Å²) in [6.45, 7) is 5.61. The van der Waals surface area contributed by atoms with Crippen LogP contribution < -0.4 is 5.73 Å². The van der Waals surface area contributed by atoms with Crippen molar-refractivity contribution >= 4 is 11.9 Å². The lowest BCUT2D eigenvalue weighted by molar-refractivity contribution is -0.167. The van der Waals surface area contributed by atoms with Crippen molar-refractivity contribution in [1.82, 2.24) is 0 Å². The number of carbonyl (C=O) groups is 2. The highest BCUT2D eigenvalue weighted by molar-refractivity contribution is 5.86. The van der Waals surface area contributed by atoms with Crippen LogP contribution in [0.4, 0.5) is 0 Å². The molecule has 0 aliphatic heterocycles. The van der Waals surface area contributed by atoms with Gasteiger partial charge >= 0.3 is 5.97 Å². The van der Waals surface area contributed by atoms with Crippen molar-refractivity contribution in [2.75, 3.05) is 0 Å². The molecule has 4 nitrogen and oxygen atoms in total. The summed E-state index contributed by atoms with van der Waals surface area (Å²) in [5, 5.41) is 0. The Balaban J connectivity index is 4.22. The molecule has 2 N–H and O–H groups in total. The van der Waals surface area contributed by atoms with Crippen LogP contribution in [0.5, 0.6) is 0 Å². The molecule has 22 heavy (non-hydrogen) atoms. The molecule has 0 saturated carbocycles. The van der Waals surface area contributed by atoms with E-state index < -0.39 is 17.5 Å². The molecule has 0 saturated heterocycles. The minimum Gasteiger partial charge on any atom is -0.449 e. The van der Waals surface area contributed by atoms with Crippen LogP contribution >= 0.6 is 0 Å². The van der Waals surface area contributed by atoms with Crippen LogP contribution in [-0.2, 0) is 14.3 Å². The van der Waals surface area contributed by atoms with Crippen molar-refractivity contribution in [2.24, 2.45) is 5.73 Å². The number of rotatable bonds is 14. The molecule has 0 aromatic rings. The third-order valence-electron chi connectivity index (χ3n) is 4.16. The van der Waals surface area contributed by atoms with Gasteiger partial charge in [0, 0.05) is 6.92 Å². The Bertz CT molecular complexity index is 317. The summed E-state index contributed by atoms with van der Waals surface area (Å²) < 4.78 is 5.35. The first-order chi connectivity index (χ1) is 10.5. The van der Waals surface area contributed by atoms with Gasteiger partial charge in [0.05, 0.1) is 0 Å². The molecule has 0 aliphatic carbocycles. The van der Waals surface area contributed by atoms with Gasteiger partial charge in [-0.05, 0) is 25.7 Å². The molecule has 0 aromatic carbocycles. The van der Waals surface area contributed by atoms with Crippen LogP contribution in [0.3, 0.4) is 0 Å². The van der Waals surface area contributed by atoms with E-state index in [4.69, 9.17) is 10.5 Å². The number of primary amides is 1. The molecular formula is C18H35NO3. The van der Waals surface area contributed by atoms with Crippen LogP contribution in [0, 0.1) is 0 Å². The van der Waals surface area contributed by atoms with Crippen molar-refractivity contribution < 1.29 is 14.3 Å². The summed E-state index contributed by atoms with van der Waals surface area (Å²) in [6, 6.07) is 0. The van der Waals surface area contributed by atoms with Gasteiger partial charge in [0.15, 0.2) is 5.60 Å². The summed E-state index contributed by atoms with van der Waals surface area (Å²) in [7, 11) is 0. The molecule has 1 atom stereocenters. The summed E-state index contributed by atoms with van der Waals surface area (Å²) in [4.78, 5) is 23.2. The van der Waals surface area contributed by atoms with Gasteiger partial charge in [-0.15, -0.1) is 0 Å². The maximum atomic E-state index is 11.8. The number of carbonyl (C=O) groups excluding carboxylic acids is 2. The van der Waals surface area contributed by atoms with E-state index in [0.29, 0.717) is 12.8 Å². The third kappa shape index (κ3) is 9.06. The highest BCUT2D eigenvalue weighted by Crippen LogP contribution is 2.27. The summed E-state index contributed by atoms with van der Waals surface area (Å²) in [5.74, 6) is -0.923. The number of hydrogen-bond donors (Lipinski definition) is 1. The molecule has 4 heteroatoms. The van der Waals surface area contributed by atoms with Gasteiger partial charge in [0.1, 0.15) is 0 Å². The number of ether oxygens (including phenoxy) is 1. The van der Waals surface area contributed by atoms with Crippen LogP contribution in [0.2, 0.25) is 0 Å². The second-order valence-electron chi connectivity index (χ2n) is 6.28. The summed E-state index contributed by atoms with van der Waals surface area (Å²) in [6.07, 6.45) is 12.4. The lowest BCUT2D eigenvalue weighted by Gasteiger charge is -2.30. The average molecular weight is 313 g/mol. The Labute approximate surface area is 136 Å². The highest BCUT2D eigenvalue weighted by atomic mass is 16.6. The van der Waals surface area contributed by atoms with Gasteiger partial charge in [0.2, 0.25) is 0 Å². The first kappa shape index (κ1) is 20.9. The van der Waals surface area contributed by atoms with Crippen LogP contribution in [-0.4, -0.2) is 17.5 Å². The number of nitrogens with two attached hydrogens (primary N) is 1. The largest absolute Gasteiger partial charge is 0.449 e. The lowest BCUT2D eigenvalue weighted by Crippen LogP contribution is -2.47. The van der Waals surface area contributed by atoms with Gasteiger partial charge < -0.3 is 10.5 Å². The van der Waals surface area contributed by atoms with Crippen molar-refractivity contribution in [3.05, 3.63) is 0 Å². The smallest absolute Gasteiger partial charge is 0.303 e. The van der Waals surface area contributed by atoms with Gasteiger partial charge in [-0.25, -0.2) is 0 Å². The molecule has 0 rings (SSSR count). The van der Waals surface area contributed by atoms with Gasteiger partial charge in [0.25, 0.3) is 5.91 Å². The summed E-state index contributed by atoms with van der Waals surface area (Å²) in [5.41, 5.74) is 4.45. The SMILES string of the molecule is CCCCCCCCCCC(CCCC)(OC(C)=O)C(N)=O. The predicted molar refractivity (Wildman–Crippen MR) is 90.4 cm³/mol. The maximum Gasteiger partial charge on any atom is 0.303 e. The molecule has 0 aliphatic rings. The van der Waals surface area contributed by atoms with Gasteiger partial charge in [-0.3, -0.25) is 9.59 Å². The molecule has 1 unspecified atom stereocenters. The standard InChI is InChI=1S/C18H35NO3/c1-4-6-8-9-10-11-12-13-15-18(17(19)21,14-7-5-2)22-16(3)20/h4-15H2,1-3H3,(H2,19,21). The molecule has 130 valence electrons. The second kappa shape index (κ2) is 12.5. The van der Waals surface area contributed by atoms with E-state index in [0.717, 1.165) is 25.7 Å². The van der Waals surface area contributed by atoms with E-state index in [2.05, 4.69) is 13.8 Å². The Hall–Kier alpha value is -1.06. The Morgan fingerprint density at radius 3 is 1.73 bits per heavy atom. The average Bonchev–Trinajstić information content (AvgIpc) is 2.46. The molecule has 0 bridgehead atoms. The normalized spacial score (nSPS) is 13.6. The number of amides is 1. The summed E-state index contributed by atoms with van der Waals surface area (Å²) >= 11 is 0. The first-order valence-corrected chi connectivity index (χ1v) is 8.98. The molecule has 1 amide bonds. The third-order valence-corrected chi connectivity index (χ3v) is 4.16. The fourth-order valence-corrected chi connectivity index (χ4v) is 2.81. The maximum absolute atomic E-state index is 11.8. The van der Waals surface area contributed by atoms with Crippen molar-refractivity contribution in [2.45, 2.75) is 103 Å². The zero-order valence-electron chi connectivity index (χ0n) is 14.8. The van der Waals surface area contributed by atoms with Crippen molar-refractivity contribution in [1.29, 1.82) is 0 Å². The molecule has 0 heterocycles. The minimum absolute atomic E-state index is 0.422. The van der Waals surface area contributed by atoms with Gasteiger partial charge in [-0.2, -0.15) is 0 Å². The van der Waals surface area contributed by atoms with E-state index in [1.807, 2.05) is 0 Å². The molecule has 0 fully saturated rings. The van der Waals surface area contributed by atoms with Crippen LogP contribution in [0.25, 0.3) is 0 Å². The first-order valence-electron chi connectivity index (χ1n) is 8.98. The zero-order chi connectivity index (χ0) is 16.8. The fraction of sp³-hybridized carbons (Fsp3) is 0.889. The Kier molecular flexibility index (Phi) is 11.9. The van der Waals surface area contributed by atoms with Crippen molar-refractivity contribution in [3.8, 4) is 0 Å². The van der Waals surface area contributed by atoms with Crippen molar-refractivity contribution in [3.63, 3.8) is 0 Å². The number of esters is 1. The van der Waals surface area contributed by atoms with E-state index in [9.17, 15) is 9.59 Å². The number of hydrogen-bond acceptors (Lipinski definition) is 3. The van der Waals surface area contributed by atoms with Crippen LogP contribution in [0.15, 0.2) is 0 Å². The topological polar surface area (TPSA) is 69.4 Å². The zero-order valence-corrected chi connectivity index (χ0v) is 14.8. The molecule has 0 spiro atoms. The highest BCUT2D eigenvalue weighted by Gasteiger charge is 2.38. The number of unbranched alkanes of at least 4 members (excludes halogenated alkanes) is 8. The van der Waals surface area contributed by atoms with E-state index in [1.165, 1.54) is 45.4 Å². The predicted octanol–water partition coefficient (Wildman–Crippen LogP) is 4.49. The molecular weight excluding hydrogens is 278 g/mol. The minimum atomic E-state index is -1.09. The fourth-order valence-electron chi connectivity index (χ4n) is 2.81.